The van der Waals surface area contributed by atoms with Crippen LogP contribution in [0.4, 0.5) is 0 Å². The molecule has 0 spiro atoms. The summed E-state index contributed by atoms with van der Waals surface area (Å²) in [5.74, 6) is 2.41. The molecule has 0 radical (unpaired) electrons. The van der Waals surface area contributed by atoms with E-state index in [1.54, 1.807) is 0 Å². The van der Waals surface area contributed by atoms with Crippen LogP contribution in [0, 0.1) is 5.41 Å². The third-order valence-electron chi connectivity index (χ3n) is 3.63. The molecule has 1 saturated heterocycles. The number of benzene rings is 1. The molecule has 1 unspecified atom stereocenters. The van der Waals surface area contributed by atoms with Gasteiger partial charge in [-0.2, -0.15) is 11.8 Å². The fourth-order valence-electron chi connectivity index (χ4n) is 2.78. The second kappa shape index (κ2) is 6.78. The quantitative estimate of drug-likeness (QED) is 0.869. The maximum Gasteiger partial charge on any atom is 0.0587 e. The molecule has 0 saturated carbocycles. The van der Waals surface area contributed by atoms with Gasteiger partial charge in [-0.1, -0.05) is 44.2 Å². The molecule has 0 amide bonds. The fourth-order valence-corrected chi connectivity index (χ4v) is 4.06. The lowest BCUT2D eigenvalue weighted by molar-refractivity contribution is 0.216. The normalized spacial score (nSPS) is 24.1. The van der Waals surface area contributed by atoms with Gasteiger partial charge in [-0.15, -0.1) is 0 Å². The van der Waals surface area contributed by atoms with Gasteiger partial charge in [0.1, 0.15) is 0 Å². The minimum Gasteiger partial charge on any atom is -0.395 e. The van der Waals surface area contributed by atoms with E-state index in [2.05, 4.69) is 43.4 Å². The van der Waals surface area contributed by atoms with Crippen LogP contribution in [0.2, 0.25) is 0 Å². The van der Waals surface area contributed by atoms with Crippen LogP contribution >= 0.6 is 11.8 Å². The van der Waals surface area contributed by atoms with E-state index in [1.165, 1.54) is 17.7 Å². The van der Waals surface area contributed by atoms with Crippen LogP contribution in [-0.4, -0.2) is 35.3 Å². The molecule has 2 atom stereocenters. The predicted octanol–water partition coefficient (Wildman–Crippen LogP) is 2.71. The zero-order valence-corrected chi connectivity index (χ0v) is 12.7. The Labute approximate surface area is 121 Å². The van der Waals surface area contributed by atoms with Gasteiger partial charge in [0.25, 0.3) is 0 Å². The smallest absolute Gasteiger partial charge is 0.0587 e. The zero-order valence-electron chi connectivity index (χ0n) is 11.9. The van der Waals surface area contributed by atoms with Crippen molar-refractivity contribution in [2.75, 3.05) is 18.1 Å². The maximum atomic E-state index is 9.58. The van der Waals surface area contributed by atoms with Crippen LogP contribution in [0.25, 0.3) is 0 Å². The molecule has 106 valence electrons. The highest BCUT2D eigenvalue weighted by atomic mass is 32.2. The van der Waals surface area contributed by atoms with E-state index < -0.39 is 0 Å². The third kappa shape index (κ3) is 4.83. The molecule has 1 aliphatic heterocycles. The average Bonchev–Trinajstić information content (AvgIpc) is 2.38. The van der Waals surface area contributed by atoms with Gasteiger partial charge in [-0.25, -0.2) is 0 Å². The van der Waals surface area contributed by atoms with Crippen molar-refractivity contribution in [3.05, 3.63) is 35.9 Å². The summed E-state index contributed by atoms with van der Waals surface area (Å²) < 4.78 is 0. The van der Waals surface area contributed by atoms with Gasteiger partial charge in [-0.05, 0) is 29.6 Å². The molecule has 19 heavy (non-hydrogen) atoms. The summed E-state index contributed by atoms with van der Waals surface area (Å²) >= 11 is 2.02. The van der Waals surface area contributed by atoms with Crippen molar-refractivity contribution in [3.63, 3.8) is 0 Å². The van der Waals surface area contributed by atoms with Crippen LogP contribution < -0.4 is 5.32 Å². The van der Waals surface area contributed by atoms with Crippen LogP contribution in [0.3, 0.4) is 0 Å². The zero-order chi connectivity index (χ0) is 13.7. The second-order valence-corrected chi connectivity index (χ2v) is 7.35. The summed E-state index contributed by atoms with van der Waals surface area (Å²) in [6.07, 6.45) is 2.10. The molecule has 2 N–H and O–H groups in total. The van der Waals surface area contributed by atoms with Crippen LogP contribution in [-0.2, 0) is 6.42 Å². The summed E-state index contributed by atoms with van der Waals surface area (Å²) in [4.78, 5) is 0. The third-order valence-corrected chi connectivity index (χ3v) is 5.25. The number of thioether (sulfide) groups is 1. The molecule has 2 rings (SSSR count). The number of rotatable bonds is 5. The van der Waals surface area contributed by atoms with E-state index in [0.717, 1.165) is 12.2 Å². The first-order valence-electron chi connectivity index (χ1n) is 7.08. The molecule has 0 aliphatic carbocycles. The lowest BCUT2D eigenvalue weighted by Crippen LogP contribution is -2.47. The Morgan fingerprint density at radius 3 is 2.74 bits per heavy atom. The molecular weight excluding hydrogens is 254 g/mol. The van der Waals surface area contributed by atoms with Crippen molar-refractivity contribution in [3.8, 4) is 0 Å². The predicted molar refractivity (Wildman–Crippen MR) is 83.7 cm³/mol. The number of aliphatic hydroxyl groups excluding tert-OH is 1. The van der Waals surface area contributed by atoms with Crippen molar-refractivity contribution in [1.29, 1.82) is 0 Å². The Hall–Kier alpha value is -0.510. The van der Waals surface area contributed by atoms with Gasteiger partial charge >= 0.3 is 0 Å². The highest BCUT2D eigenvalue weighted by Gasteiger charge is 2.29. The molecule has 1 heterocycles. The van der Waals surface area contributed by atoms with Gasteiger partial charge in [0, 0.05) is 17.8 Å². The van der Waals surface area contributed by atoms with E-state index in [0.29, 0.717) is 11.5 Å². The van der Waals surface area contributed by atoms with Crippen molar-refractivity contribution in [2.45, 2.75) is 38.8 Å². The summed E-state index contributed by atoms with van der Waals surface area (Å²) in [5, 5.41) is 13.2. The topological polar surface area (TPSA) is 32.3 Å². The number of hydrogen-bond acceptors (Lipinski definition) is 3. The van der Waals surface area contributed by atoms with Gasteiger partial charge in [0.15, 0.2) is 0 Å². The lowest BCUT2D eigenvalue weighted by Gasteiger charge is -2.37. The van der Waals surface area contributed by atoms with Gasteiger partial charge in [-0.3, -0.25) is 0 Å². The molecule has 0 bridgehead atoms. The fraction of sp³-hybridized carbons (Fsp3) is 0.625. The number of hydrogen-bond donors (Lipinski definition) is 2. The standard InChI is InChI=1S/C16H25NOS/c1-16(2)9-15(11-19-12-16)17-14(10-18)8-13-6-4-3-5-7-13/h3-7,14-15,17-18H,8-12H2,1-2H3/t14-,15?/m0/s1. The van der Waals surface area contributed by atoms with Crippen LogP contribution in [0.5, 0.6) is 0 Å². The van der Waals surface area contributed by atoms with Crippen molar-refractivity contribution in [1.82, 2.24) is 5.32 Å². The van der Waals surface area contributed by atoms with E-state index in [9.17, 15) is 5.11 Å². The summed E-state index contributed by atoms with van der Waals surface area (Å²) in [6, 6.07) is 11.1. The number of aliphatic hydroxyl groups is 1. The molecule has 3 heteroatoms. The first kappa shape index (κ1) is 14.9. The molecule has 1 aromatic carbocycles. The van der Waals surface area contributed by atoms with E-state index in [-0.39, 0.29) is 12.6 Å². The number of nitrogens with one attached hydrogen (secondary N) is 1. The van der Waals surface area contributed by atoms with Gasteiger partial charge in [0.05, 0.1) is 6.61 Å². The average molecular weight is 279 g/mol. The van der Waals surface area contributed by atoms with Crippen LogP contribution in [0.1, 0.15) is 25.8 Å². The van der Waals surface area contributed by atoms with E-state index in [1.807, 2.05) is 17.8 Å². The second-order valence-electron chi connectivity index (χ2n) is 6.32. The maximum absolute atomic E-state index is 9.58. The molecular formula is C16H25NOS. The molecule has 1 aliphatic rings. The first-order chi connectivity index (χ1) is 9.09. The Morgan fingerprint density at radius 2 is 2.11 bits per heavy atom. The first-order valence-corrected chi connectivity index (χ1v) is 8.23. The highest BCUT2D eigenvalue weighted by Crippen LogP contribution is 2.33. The van der Waals surface area contributed by atoms with Crippen molar-refractivity contribution < 1.29 is 5.11 Å². The molecule has 2 nitrogen and oxygen atoms in total. The lowest BCUT2D eigenvalue weighted by atomic mass is 9.87. The van der Waals surface area contributed by atoms with Crippen LogP contribution in [0.15, 0.2) is 30.3 Å². The summed E-state index contributed by atoms with van der Waals surface area (Å²) in [6.45, 7) is 4.87. The Balaban J connectivity index is 1.88. The van der Waals surface area contributed by atoms with E-state index >= 15 is 0 Å². The largest absolute Gasteiger partial charge is 0.395 e. The Kier molecular flexibility index (Phi) is 5.31. The van der Waals surface area contributed by atoms with Gasteiger partial charge in [0.2, 0.25) is 0 Å². The monoisotopic (exact) mass is 279 g/mol. The van der Waals surface area contributed by atoms with Gasteiger partial charge < -0.3 is 10.4 Å². The van der Waals surface area contributed by atoms with Crippen molar-refractivity contribution in [2.24, 2.45) is 5.41 Å². The van der Waals surface area contributed by atoms with Crippen molar-refractivity contribution >= 4 is 11.8 Å². The molecule has 1 aromatic rings. The SMILES string of the molecule is CC1(C)CSCC(N[C@H](CO)Cc2ccccc2)C1. The Bertz CT molecular complexity index is 380. The minimum absolute atomic E-state index is 0.168. The summed E-state index contributed by atoms with van der Waals surface area (Å²) in [7, 11) is 0. The Morgan fingerprint density at radius 1 is 1.37 bits per heavy atom. The molecule has 1 fully saturated rings. The highest BCUT2D eigenvalue weighted by molar-refractivity contribution is 7.99. The van der Waals surface area contributed by atoms with E-state index in [4.69, 9.17) is 0 Å². The minimum atomic E-state index is 0.168. The summed E-state index contributed by atoms with van der Waals surface area (Å²) in [5.41, 5.74) is 1.70. The molecule has 0 aromatic heterocycles.